The van der Waals surface area contributed by atoms with Crippen LogP contribution in [0.2, 0.25) is 0 Å². The van der Waals surface area contributed by atoms with Gasteiger partial charge in [0.15, 0.2) is 0 Å². The quantitative estimate of drug-likeness (QED) is 0.843. The lowest BCUT2D eigenvalue weighted by Crippen LogP contribution is -2.62. The van der Waals surface area contributed by atoms with Crippen LogP contribution >= 0.6 is 0 Å². The fourth-order valence-corrected chi connectivity index (χ4v) is 3.64. The molecule has 0 aliphatic carbocycles. The molecule has 2 saturated heterocycles. The van der Waals surface area contributed by atoms with Crippen LogP contribution in [0, 0.1) is 5.92 Å². The summed E-state index contributed by atoms with van der Waals surface area (Å²) in [4.78, 5) is 2.59. The third-order valence-electron chi connectivity index (χ3n) is 5.23. The molecule has 4 nitrogen and oxygen atoms in total. The number of rotatable bonds is 4. The van der Waals surface area contributed by atoms with E-state index in [9.17, 15) is 0 Å². The summed E-state index contributed by atoms with van der Waals surface area (Å²) < 4.78 is 11.5. The zero-order chi connectivity index (χ0) is 13.9. The van der Waals surface area contributed by atoms with E-state index < -0.39 is 0 Å². The Labute approximate surface area is 117 Å². The molecule has 2 aliphatic rings. The van der Waals surface area contributed by atoms with Gasteiger partial charge in [-0.05, 0) is 38.1 Å². The molecule has 0 amide bonds. The Morgan fingerprint density at radius 1 is 1.47 bits per heavy atom. The van der Waals surface area contributed by atoms with Crippen molar-refractivity contribution < 1.29 is 9.47 Å². The molecule has 19 heavy (non-hydrogen) atoms. The van der Waals surface area contributed by atoms with Crippen LogP contribution in [-0.4, -0.2) is 56.0 Å². The maximum absolute atomic E-state index is 6.17. The van der Waals surface area contributed by atoms with Gasteiger partial charge in [0.1, 0.15) is 0 Å². The minimum atomic E-state index is 0.135. The van der Waals surface area contributed by atoms with Crippen LogP contribution in [0.15, 0.2) is 0 Å². The first-order valence-corrected chi connectivity index (χ1v) is 7.74. The van der Waals surface area contributed by atoms with E-state index in [1.807, 2.05) is 7.11 Å². The lowest BCUT2D eigenvalue weighted by atomic mass is 9.81. The van der Waals surface area contributed by atoms with E-state index in [0.717, 1.165) is 45.5 Å². The van der Waals surface area contributed by atoms with Crippen molar-refractivity contribution in [2.75, 3.05) is 33.4 Å². The maximum Gasteiger partial charge on any atom is 0.0724 e. The van der Waals surface area contributed by atoms with E-state index in [-0.39, 0.29) is 5.54 Å². The summed E-state index contributed by atoms with van der Waals surface area (Å²) in [5.74, 6) is 0.651. The number of ether oxygens (including phenoxy) is 2. The van der Waals surface area contributed by atoms with E-state index >= 15 is 0 Å². The standard InChI is InChI=1S/C15H30N2O2/c1-4-13-9-15(11-16,6-8-19-13)17-7-5-12(2)14(10-17)18-3/h12-14H,4-11,16H2,1-3H3. The number of methoxy groups -OCH3 is 1. The SMILES string of the molecule is CCC1CC(CN)(N2CCC(C)C(OC)C2)CCO1. The smallest absolute Gasteiger partial charge is 0.0724 e. The Balaban J connectivity index is 2.08. The number of hydrogen-bond donors (Lipinski definition) is 1. The van der Waals surface area contributed by atoms with Crippen LogP contribution in [0.1, 0.15) is 39.5 Å². The average Bonchev–Trinajstić information content (AvgIpc) is 2.47. The van der Waals surface area contributed by atoms with Crippen molar-refractivity contribution in [2.45, 2.75) is 57.3 Å². The highest BCUT2D eigenvalue weighted by atomic mass is 16.5. The molecular weight excluding hydrogens is 240 g/mol. The van der Waals surface area contributed by atoms with Crippen molar-refractivity contribution in [3.8, 4) is 0 Å². The van der Waals surface area contributed by atoms with Crippen LogP contribution < -0.4 is 5.73 Å². The monoisotopic (exact) mass is 270 g/mol. The third kappa shape index (κ3) is 3.13. The summed E-state index contributed by atoms with van der Waals surface area (Å²) in [5.41, 5.74) is 6.30. The minimum absolute atomic E-state index is 0.135. The van der Waals surface area contributed by atoms with Crippen LogP contribution in [0.25, 0.3) is 0 Å². The first kappa shape index (κ1) is 15.2. The fraction of sp³-hybridized carbons (Fsp3) is 1.00. The zero-order valence-electron chi connectivity index (χ0n) is 12.7. The van der Waals surface area contributed by atoms with Crippen molar-refractivity contribution in [2.24, 2.45) is 11.7 Å². The number of piperidine rings is 1. The molecule has 2 heterocycles. The van der Waals surface area contributed by atoms with Gasteiger partial charge in [0.05, 0.1) is 12.2 Å². The molecule has 4 atom stereocenters. The summed E-state index contributed by atoms with van der Waals surface area (Å²) >= 11 is 0. The first-order chi connectivity index (χ1) is 9.15. The molecule has 2 aliphatic heterocycles. The molecule has 0 spiro atoms. The van der Waals surface area contributed by atoms with Gasteiger partial charge in [-0.2, -0.15) is 0 Å². The van der Waals surface area contributed by atoms with Gasteiger partial charge in [-0.15, -0.1) is 0 Å². The first-order valence-electron chi connectivity index (χ1n) is 7.74. The maximum atomic E-state index is 6.17. The van der Waals surface area contributed by atoms with Crippen molar-refractivity contribution in [3.05, 3.63) is 0 Å². The molecule has 2 rings (SSSR count). The largest absolute Gasteiger partial charge is 0.380 e. The van der Waals surface area contributed by atoms with Gasteiger partial charge in [-0.1, -0.05) is 13.8 Å². The van der Waals surface area contributed by atoms with E-state index in [4.69, 9.17) is 15.2 Å². The van der Waals surface area contributed by atoms with Crippen LogP contribution in [0.5, 0.6) is 0 Å². The molecule has 0 aromatic rings. The van der Waals surface area contributed by atoms with Gasteiger partial charge in [-0.3, -0.25) is 4.90 Å². The van der Waals surface area contributed by atoms with E-state index in [2.05, 4.69) is 18.7 Å². The highest BCUT2D eigenvalue weighted by Crippen LogP contribution is 2.35. The second kappa shape index (κ2) is 6.53. The molecule has 112 valence electrons. The average molecular weight is 270 g/mol. The number of nitrogens with zero attached hydrogens (tertiary/aromatic N) is 1. The van der Waals surface area contributed by atoms with Crippen LogP contribution in [0.3, 0.4) is 0 Å². The lowest BCUT2D eigenvalue weighted by Gasteiger charge is -2.51. The third-order valence-corrected chi connectivity index (χ3v) is 5.23. The van der Waals surface area contributed by atoms with Crippen molar-refractivity contribution in [3.63, 3.8) is 0 Å². The zero-order valence-corrected chi connectivity index (χ0v) is 12.7. The Morgan fingerprint density at radius 3 is 2.89 bits per heavy atom. The Morgan fingerprint density at radius 2 is 2.26 bits per heavy atom. The van der Waals surface area contributed by atoms with Gasteiger partial charge in [0, 0.05) is 32.3 Å². The second-order valence-electron chi connectivity index (χ2n) is 6.27. The Bertz CT molecular complexity index is 287. The summed E-state index contributed by atoms with van der Waals surface area (Å²) in [7, 11) is 1.83. The van der Waals surface area contributed by atoms with Crippen molar-refractivity contribution in [1.29, 1.82) is 0 Å². The van der Waals surface area contributed by atoms with E-state index in [1.165, 1.54) is 6.42 Å². The Hall–Kier alpha value is -0.160. The molecule has 0 radical (unpaired) electrons. The molecule has 4 unspecified atom stereocenters. The molecule has 4 heteroatoms. The van der Waals surface area contributed by atoms with Gasteiger partial charge < -0.3 is 15.2 Å². The molecule has 2 fully saturated rings. The highest BCUT2D eigenvalue weighted by molar-refractivity contribution is 4.99. The number of nitrogens with two attached hydrogens (primary N) is 1. The number of hydrogen-bond acceptors (Lipinski definition) is 4. The summed E-state index contributed by atoms with van der Waals surface area (Å²) in [6, 6.07) is 0. The molecule has 0 bridgehead atoms. The Kier molecular flexibility index (Phi) is 5.23. The summed E-state index contributed by atoms with van der Waals surface area (Å²) in [6.45, 7) is 8.24. The van der Waals surface area contributed by atoms with E-state index in [0.29, 0.717) is 18.1 Å². The number of likely N-dealkylation sites (tertiary alicyclic amines) is 1. The minimum Gasteiger partial charge on any atom is -0.380 e. The molecule has 0 saturated carbocycles. The molecule has 0 aromatic carbocycles. The van der Waals surface area contributed by atoms with Crippen LogP contribution in [0.4, 0.5) is 0 Å². The lowest BCUT2D eigenvalue weighted by molar-refractivity contribution is -0.104. The van der Waals surface area contributed by atoms with Gasteiger partial charge in [-0.25, -0.2) is 0 Å². The van der Waals surface area contributed by atoms with Crippen molar-refractivity contribution >= 4 is 0 Å². The predicted octanol–water partition coefficient (Wildman–Crippen LogP) is 1.63. The van der Waals surface area contributed by atoms with Crippen molar-refractivity contribution in [1.82, 2.24) is 4.90 Å². The molecular formula is C15H30N2O2. The van der Waals surface area contributed by atoms with Gasteiger partial charge >= 0.3 is 0 Å². The normalized spacial score (nSPS) is 41.4. The van der Waals surface area contributed by atoms with Crippen LogP contribution in [-0.2, 0) is 9.47 Å². The van der Waals surface area contributed by atoms with Gasteiger partial charge in [0.25, 0.3) is 0 Å². The van der Waals surface area contributed by atoms with Gasteiger partial charge in [0.2, 0.25) is 0 Å². The topological polar surface area (TPSA) is 47.7 Å². The second-order valence-corrected chi connectivity index (χ2v) is 6.27. The predicted molar refractivity (Wildman–Crippen MR) is 77.2 cm³/mol. The molecule has 0 aromatic heterocycles. The fourth-order valence-electron chi connectivity index (χ4n) is 3.64. The van der Waals surface area contributed by atoms with E-state index in [1.54, 1.807) is 0 Å². The molecule has 2 N–H and O–H groups in total. The summed E-state index contributed by atoms with van der Waals surface area (Å²) in [6.07, 6.45) is 5.14. The summed E-state index contributed by atoms with van der Waals surface area (Å²) in [5, 5.41) is 0. The highest BCUT2D eigenvalue weighted by Gasteiger charge is 2.43.